The van der Waals surface area contributed by atoms with Crippen molar-refractivity contribution in [2.24, 2.45) is 0 Å². The van der Waals surface area contributed by atoms with Gasteiger partial charge >= 0.3 is 5.97 Å². The maximum absolute atomic E-state index is 13.3. The van der Waals surface area contributed by atoms with Gasteiger partial charge in [-0.25, -0.2) is 4.68 Å². The molecule has 0 radical (unpaired) electrons. The lowest BCUT2D eigenvalue weighted by Crippen LogP contribution is -2.38. The van der Waals surface area contributed by atoms with Crippen LogP contribution in [0.3, 0.4) is 0 Å². The minimum absolute atomic E-state index is 0.155. The first-order valence-corrected chi connectivity index (χ1v) is 12.9. The molecule has 1 N–H and O–H groups in total. The second kappa shape index (κ2) is 9.12. The predicted octanol–water partition coefficient (Wildman–Crippen LogP) is 5.47. The van der Waals surface area contributed by atoms with Crippen LogP contribution in [0.1, 0.15) is 27.5 Å². The van der Waals surface area contributed by atoms with E-state index in [1.54, 1.807) is 16.0 Å². The molecule has 2 aromatic heterocycles. The molecule has 1 aliphatic heterocycles. The monoisotopic (exact) mass is 489 g/mol. The molecule has 1 aliphatic rings. The van der Waals surface area contributed by atoms with Crippen molar-refractivity contribution in [3.8, 4) is 16.9 Å². The lowest BCUT2D eigenvalue weighted by atomic mass is 10.0. The number of thioether (sulfide) groups is 1. The molecule has 0 spiro atoms. The van der Waals surface area contributed by atoms with E-state index in [-0.39, 0.29) is 16.9 Å². The maximum Gasteiger partial charge on any atom is 0.323 e. The molecule has 4 aromatic rings. The predicted molar refractivity (Wildman–Crippen MR) is 137 cm³/mol. The number of thiophene rings is 1. The number of amides is 1. The number of aryl methyl sites for hydroxylation is 1. The van der Waals surface area contributed by atoms with Crippen molar-refractivity contribution in [1.29, 1.82) is 0 Å². The smallest absolute Gasteiger partial charge is 0.323 e. The van der Waals surface area contributed by atoms with Gasteiger partial charge in [-0.05, 0) is 53.4 Å². The van der Waals surface area contributed by atoms with Crippen LogP contribution in [0.15, 0.2) is 65.4 Å². The van der Waals surface area contributed by atoms with E-state index in [4.69, 9.17) is 5.10 Å². The number of carbonyl (C=O) groups excluding carboxylic acids is 1. The first-order chi connectivity index (χ1) is 16.5. The third-order valence-corrected chi connectivity index (χ3v) is 8.04. The van der Waals surface area contributed by atoms with Crippen molar-refractivity contribution < 1.29 is 14.7 Å². The lowest BCUT2D eigenvalue weighted by molar-refractivity contribution is -0.136. The Hall–Kier alpha value is -3.36. The maximum atomic E-state index is 13.3. The standard InChI is InChI=1S/C26H23N3O3S2/c1-16-7-6-10-20(17(16)2)29-26-23(24(27-29)18-8-4-3-5-9-18)25(19-11-12-33-14-19)34-15-21(30)28(26)13-22(31)32/h3-12,14,25H,13,15H2,1-2H3,(H,31,32). The van der Waals surface area contributed by atoms with Crippen molar-refractivity contribution in [2.45, 2.75) is 19.1 Å². The molecule has 0 saturated heterocycles. The van der Waals surface area contributed by atoms with Crippen LogP contribution in [0.25, 0.3) is 16.9 Å². The van der Waals surface area contributed by atoms with Crippen LogP contribution < -0.4 is 4.90 Å². The van der Waals surface area contributed by atoms with Gasteiger partial charge < -0.3 is 5.11 Å². The zero-order chi connectivity index (χ0) is 23.8. The average molecular weight is 490 g/mol. The van der Waals surface area contributed by atoms with Crippen molar-refractivity contribution in [2.75, 3.05) is 17.2 Å². The number of fused-ring (bicyclic) bond motifs is 1. The molecule has 0 saturated carbocycles. The largest absolute Gasteiger partial charge is 0.480 e. The lowest BCUT2D eigenvalue weighted by Gasteiger charge is -2.22. The molecule has 172 valence electrons. The Morgan fingerprint density at radius 1 is 1.12 bits per heavy atom. The van der Waals surface area contributed by atoms with E-state index in [2.05, 4.69) is 11.4 Å². The molecule has 0 bridgehead atoms. The van der Waals surface area contributed by atoms with Crippen molar-refractivity contribution >= 4 is 40.8 Å². The fourth-order valence-corrected chi connectivity index (χ4v) is 6.24. The van der Waals surface area contributed by atoms with Crippen molar-refractivity contribution in [3.05, 3.63) is 87.6 Å². The molecule has 1 unspecified atom stereocenters. The number of benzene rings is 2. The minimum Gasteiger partial charge on any atom is -0.480 e. The molecule has 0 fully saturated rings. The van der Waals surface area contributed by atoms with Crippen LogP contribution in [-0.2, 0) is 9.59 Å². The summed E-state index contributed by atoms with van der Waals surface area (Å²) in [5.41, 5.74) is 6.58. The summed E-state index contributed by atoms with van der Waals surface area (Å²) in [5.74, 6) is -0.587. The van der Waals surface area contributed by atoms with E-state index in [0.717, 1.165) is 39.2 Å². The quantitative estimate of drug-likeness (QED) is 0.402. The molecule has 6 nitrogen and oxygen atoms in total. The number of rotatable bonds is 5. The van der Waals surface area contributed by atoms with Crippen LogP contribution in [0.5, 0.6) is 0 Å². The molecular weight excluding hydrogens is 466 g/mol. The molecule has 3 heterocycles. The summed E-state index contributed by atoms with van der Waals surface area (Å²) in [6.07, 6.45) is 0. The molecule has 34 heavy (non-hydrogen) atoms. The van der Waals surface area contributed by atoms with E-state index < -0.39 is 12.5 Å². The van der Waals surface area contributed by atoms with Gasteiger partial charge in [0.05, 0.1) is 22.4 Å². The number of hydrogen-bond acceptors (Lipinski definition) is 5. The number of carbonyl (C=O) groups is 2. The number of aromatic nitrogens is 2. The van der Waals surface area contributed by atoms with Crippen molar-refractivity contribution in [3.63, 3.8) is 0 Å². The number of anilines is 1. The fourth-order valence-electron chi connectivity index (χ4n) is 4.28. The van der Waals surface area contributed by atoms with Crippen LogP contribution in [0.2, 0.25) is 0 Å². The van der Waals surface area contributed by atoms with E-state index >= 15 is 0 Å². The van der Waals surface area contributed by atoms with Gasteiger partial charge in [-0.15, -0.1) is 11.8 Å². The SMILES string of the molecule is Cc1cccc(-n2nc(-c3ccccc3)c3c2N(CC(=O)O)C(=O)CSC3c2ccsc2)c1C. The van der Waals surface area contributed by atoms with Gasteiger partial charge in [-0.1, -0.05) is 42.5 Å². The first kappa shape index (κ1) is 22.4. The Kier molecular flexibility index (Phi) is 6.02. The number of nitrogens with zero attached hydrogens (tertiary/aromatic N) is 3. The second-order valence-electron chi connectivity index (χ2n) is 8.20. The average Bonchev–Trinajstić information content (AvgIpc) is 3.46. The van der Waals surface area contributed by atoms with E-state index in [9.17, 15) is 14.7 Å². The number of aliphatic carboxylic acids is 1. The van der Waals surface area contributed by atoms with Gasteiger partial charge in [-0.3, -0.25) is 14.5 Å². The Labute approximate surface area is 205 Å². The van der Waals surface area contributed by atoms with E-state index in [1.165, 1.54) is 16.7 Å². The highest BCUT2D eigenvalue weighted by Gasteiger charge is 2.38. The summed E-state index contributed by atoms with van der Waals surface area (Å²) < 4.78 is 1.77. The molecule has 0 aliphatic carbocycles. The number of hydrogen-bond donors (Lipinski definition) is 1. The summed E-state index contributed by atoms with van der Waals surface area (Å²) >= 11 is 3.12. The van der Waals surface area contributed by atoms with Crippen LogP contribution in [-0.4, -0.2) is 39.1 Å². The van der Waals surface area contributed by atoms with Gasteiger partial charge in [0.1, 0.15) is 12.4 Å². The van der Waals surface area contributed by atoms with Crippen LogP contribution in [0, 0.1) is 13.8 Å². The van der Waals surface area contributed by atoms with Gasteiger partial charge in [0.15, 0.2) is 0 Å². The summed E-state index contributed by atoms with van der Waals surface area (Å²) in [6.45, 7) is 3.63. The second-order valence-corrected chi connectivity index (χ2v) is 10.1. The summed E-state index contributed by atoms with van der Waals surface area (Å²) in [7, 11) is 0. The van der Waals surface area contributed by atoms with Gasteiger partial charge in [0, 0.05) is 11.1 Å². The number of carboxylic acids is 1. The summed E-state index contributed by atoms with van der Waals surface area (Å²) in [4.78, 5) is 26.6. The Balaban J connectivity index is 1.88. The Morgan fingerprint density at radius 3 is 2.62 bits per heavy atom. The molecule has 1 atom stereocenters. The zero-order valence-corrected chi connectivity index (χ0v) is 20.4. The van der Waals surface area contributed by atoms with Gasteiger partial charge in [-0.2, -0.15) is 16.4 Å². The normalized spacial score (nSPS) is 15.8. The molecular formula is C26H23N3O3S2. The van der Waals surface area contributed by atoms with Crippen LogP contribution in [0.4, 0.5) is 5.82 Å². The topological polar surface area (TPSA) is 75.4 Å². The first-order valence-electron chi connectivity index (χ1n) is 10.9. The highest BCUT2D eigenvalue weighted by atomic mass is 32.2. The van der Waals surface area contributed by atoms with Gasteiger partial charge in [0.25, 0.3) is 0 Å². The molecule has 5 rings (SSSR count). The Bertz CT molecular complexity index is 1360. The molecule has 1 amide bonds. The highest BCUT2D eigenvalue weighted by Crippen LogP contribution is 2.49. The summed E-state index contributed by atoms with van der Waals surface area (Å²) in [5, 5.41) is 18.7. The summed E-state index contributed by atoms with van der Waals surface area (Å²) in [6, 6.07) is 17.9. The Morgan fingerprint density at radius 2 is 1.91 bits per heavy atom. The molecule has 8 heteroatoms. The zero-order valence-electron chi connectivity index (χ0n) is 18.8. The van der Waals surface area contributed by atoms with Crippen LogP contribution >= 0.6 is 23.1 Å². The fraction of sp³-hybridized carbons (Fsp3) is 0.192. The van der Waals surface area contributed by atoms with E-state index in [1.807, 2.05) is 67.8 Å². The number of carboxylic acid groups (broad SMARTS) is 1. The minimum atomic E-state index is -1.06. The van der Waals surface area contributed by atoms with Gasteiger partial charge in [0.2, 0.25) is 5.91 Å². The third kappa shape index (κ3) is 3.93. The highest BCUT2D eigenvalue weighted by molar-refractivity contribution is 8.00. The van der Waals surface area contributed by atoms with Crippen molar-refractivity contribution in [1.82, 2.24) is 9.78 Å². The third-order valence-electron chi connectivity index (χ3n) is 6.08. The van der Waals surface area contributed by atoms with E-state index in [0.29, 0.717) is 5.82 Å². The molecule has 2 aromatic carbocycles.